The fourth-order valence-corrected chi connectivity index (χ4v) is 2.83. The second-order valence-electron chi connectivity index (χ2n) is 5.95. The summed E-state index contributed by atoms with van der Waals surface area (Å²) in [4.78, 5) is 18.5. The largest absolute Gasteiger partial charge is 0.384 e. The van der Waals surface area contributed by atoms with Crippen LogP contribution in [0.1, 0.15) is 22.8 Å². The first kappa shape index (κ1) is 16.6. The van der Waals surface area contributed by atoms with E-state index in [9.17, 15) is 4.79 Å². The summed E-state index contributed by atoms with van der Waals surface area (Å²) in [6, 6.07) is 7.98. The molecule has 0 saturated heterocycles. The lowest BCUT2D eigenvalue weighted by Crippen LogP contribution is -2.48. The number of fused-ring (bicyclic) bond motifs is 1. The van der Waals surface area contributed by atoms with Gasteiger partial charge in [0, 0.05) is 27.1 Å². The summed E-state index contributed by atoms with van der Waals surface area (Å²) in [6.45, 7) is 1.56. The third kappa shape index (κ3) is 3.80. The molecular weight excluding hydrogens is 308 g/mol. The Kier molecular flexibility index (Phi) is 5.22. The number of hydrogen-bond donors (Lipinski definition) is 1. The topological polar surface area (TPSA) is 80.5 Å². The molecule has 128 valence electrons. The maximum absolute atomic E-state index is 12.6. The van der Waals surface area contributed by atoms with Gasteiger partial charge in [-0.2, -0.15) is 4.98 Å². The van der Waals surface area contributed by atoms with Gasteiger partial charge in [-0.25, -0.2) is 0 Å². The van der Waals surface area contributed by atoms with Crippen molar-refractivity contribution in [2.75, 3.05) is 20.8 Å². The molecule has 24 heavy (non-hydrogen) atoms. The molecule has 0 saturated carbocycles. The number of nitrogens with one attached hydrogen (secondary N) is 1. The zero-order chi connectivity index (χ0) is 16.9. The third-order valence-corrected chi connectivity index (χ3v) is 4.17. The number of nitrogens with zero attached hydrogens (tertiary/aromatic N) is 3. The molecule has 1 aromatic carbocycles. The Morgan fingerprint density at radius 1 is 1.42 bits per heavy atom. The van der Waals surface area contributed by atoms with Gasteiger partial charge in [0.15, 0.2) is 5.82 Å². The predicted octanol–water partition coefficient (Wildman–Crippen LogP) is 0.931. The fraction of sp³-hybridized carbons (Fsp3) is 0.471. The molecule has 7 heteroatoms. The number of methoxy groups -OCH3 is 1. The number of rotatable bonds is 6. The van der Waals surface area contributed by atoms with Gasteiger partial charge < -0.3 is 19.5 Å². The maximum Gasteiger partial charge on any atom is 0.246 e. The van der Waals surface area contributed by atoms with Crippen LogP contribution in [0.15, 0.2) is 28.8 Å². The normalized spacial score (nSPS) is 16.7. The first-order chi connectivity index (χ1) is 11.7. The highest BCUT2D eigenvalue weighted by molar-refractivity contribution is 5.82. The molecule has 1 aromatic heterocycles. The summed E-state index contributed by atoms with van der Waals surface area (Å²) >= 11 is 0. The summed E-state index contributed by atoms with van der Waals surface area (Å²) in [5.41, 5.74) is 2.48. The zero-order valence-corrected chi connectivity index (χ0v) is 14.0. The van der Waals surface area contributed by atoms with Crippen molar-refractivity contribution in [2.24, 2.45) is 0 Å². The van der Waals surface area contributed by atoms with E-state index in [2.05, 4.69) is 27.6 Å². The molecule has 2 heterocycles. The van der Waals surface area contributed by atoms with E-state index < -0.39 is 0 Å². The number of hydrogen-bond acceptors (Lipinski definition) is 6. The summed E-state index contributed by atoms with van der Waals surface area (Å²) in [7, 11) is 3.38. The number of carbonyl (C=O) groups excluding carboxylic acids is 1. The number of ether oxygens (including phenoxy) is 1. The highest BCUT2D eigenvalue weighted by atomic mass is 16.5. The van der Waals surface area contributed by atoms with Crippen LogP contribution >= 0.6 is 0 Å². The molecule has 1 aliphatic rings. The van der Waals surface area contributed by atoms with Crippen molar-refractivity contribution < 1.29 is 14.1 Å². The van der Waals surface area contributed by atoms with Crippen LogP contribution in [0.4, 0.5) is 0 Å². The highest BCUT2D eigenvalue weighted by Gasteiger charge is 2.27. The quantitative estimate of drug-likeness (QED) is 0.849. The molecule has 1 aliphatic heterocycles. The Morgan fingerprint density at radius 3 is 3.00 bits per heavy atom. The fourth-order valence-electron chi connectivity index (χ4n) is 2.83. The van der Waals surface area contributed by atoms with Gasteiger partial charge in [-0.3, -0.25) is 4.79 Å². The monoisotopic (exact) mass is 330 g/mol. The summed E-state index contributed by atoms with van der Waals surface area (Å²) < 4.78 is 10.2. The molecule has 0 spiro atoms. The lowest BCUT2D eigenvalue weighted by Gasteiger charge is -2.28. The Hall–Kier alpha value is -2.25. The van der Waals surface area contributed by atoms with Crippen LogP contribution in [-0.2, 0) is 35.5 Å². The SMILES string of the molecule is COCCc1noc(CN(C)C(=O)[C@@H]2Cc3ccccc3CN2)n1. The summed E-state index contributed by atoms with van der Waals surface area (Å²) in [5, 5.41) is 7.19. The van der Waals surface area contributed by atoms with Crippen molar-refractivity contribution in [1.29, 1.82) is 0 Å². The van der Waals surface area contributed by atoms with Crippen molar-refractivity contribution in [1.82, 2.24) is 20.4 Å². The van der Waals surface area contributed by atoms with Crippen LogP contribution in [0.25, 0.3) is 0 Å². The number of aromatic nitrogens is 2. The first-order valence-electron chi connectivity index (χ1n) is 8.03. The van der Waals surface area contributed by atoms with Crippen molar-refractivity contribution in [3.05, 3.63) is 47.1 Å². The van der Waals surface area contributed by atoms with Gasteiger partial charge in [0.1, 0.15) is 0 Å². The number of likely N-dealkylation sites (N-methyl/N-ethyl adjacent to an activating group) is 1. The van der Waals surface area contributed by atoms with E-state index in [4.69, 9.17) is 9.26 Å². The highest BCUT2D eigenvalue weighted by Crippen LogP contribution is 2.17. The second kappa shape index (κ2) is 7.55. The van der Waals surface area contributed by atoms with Crippen molar-refractivity contribution in [3.63, 3.8) is 0 Å². The minimum atomic E-state index is -0.221. The van der Waals surface area contributed by atoms with E-state index in [1.54, 1.807) is 19.1 Å². The minimum absolute atomic E-state index is 0.0288. The molecule has 0 aliphatic carbocycles. The maximum atomic E-state index is 12.6. The lowest BCUT2D eigenvalue weighted by molar-refractivity contribution is -0.133. The van der Waals surface area contributed by atoms with Gasteiger partial charge in [-0.15, -0.1) is 0 Å². The van der Waals surface area contributed by atoms with Crippen LogP contribution in [-0.4, -0.2) is 47.8 Å². The van der Waals surface area contributed by atoms with Gasteiger partial charge in [0.05, 0.1) is 19.2 Å². The zero-order valence-electron chi connectivity index (χ0n) is 14.0. The summed E-state index contributed by atoms with van der Waals surface area (Å²) in [5.74, 6) is 1.06. The molecule has 3 rings (SSSR count). The molecule has 0 bridgehead atoms. The van der Waals surface area contributed by atoms with Crippen molar-refractivity contribution >= 4 is 5.91 Å². The number of benzene rings is 1. The molecule has 0 unspecified atom stereocenters. The molecule has 1 atom stereocenters. The Morgan fingerprint density at radius 2 is 2.21 bits per heavy atom. The van der Waals surface area contributed by atoms with Gasteiger partial charge in [-0.1, -0.05) is 29.4 Å². The third-order valence-electron chi connectivity index (χ3n) is 4.17. The second-order valence-corrected chi connectivity index (χ2v) is 5.95. The molecule has 2 aromatic rings. The van der Waals surface area contributed by atoms with Crippen LogP contribution in [0.3, 0.4) is 0 Å². The van der Waals surface area contributed by atoms with Crippen LogP contribution < -0.4 is 5.32 Å². The van der Waals surface area contributed by atoms with E-state index in [1.807, 2.05) is 12.1 Å². The predicted molar refractivity (Wildman–Crippen MR) is 87.1 cm³/mol. The summed E-state index contributed by atoms with van der Waals surface area (Å²) in [6.07, 6.45) is 1.29. The van der Waals surface area contributed by atoms with Gasteiger partial charge in [-0.05, 0) is 17.5 Å². The van der Waals surface area contributed by atoms with E-state index in [-0.39, 0.29) is 11.9 Å². The average molecular weight is 330 g/mol. The molecular formula is C17H22N4O3. The number of amides is 1. The molecule has 0 radical (unpaired) electrons. The van der Waals surface area contributed by atoms with E-state index >= 15 is 0 Å². The van der Waals surface area contributed by atoms with Gasteiger partial charge in [0.2, 0.25) is 11.8 Å². The van der Waals surface area contributed by atoms with E-state index in [0.717, 1.165) is 0 Å². The number of carbonyl (C=O) groups is 1. The smallest absolute Gasteiger partial charge is 0.246 e. The Balaban J connectivity index is 1.58. The van der Waals surface area contributed by atoms with Gasteiger partial charge in [0.25, 0.3) is 0 Å². The van der Waals surface area contributed by atoms with Crippen molar-refractivity contribution in [3.8, 4) is 0 Å². The lowest BCUT2D eigenvalue weighted by atomic mass is 9.95. The molecule has 1 amide bonds. The van der Waals surface area contributed by atoms with Crippen molar-refractivity contribution in [2.45, 2.75) is 32.0 Å². The Labute approximate surface area is 141 Å². The first-order valence-corrected chi connectivity index (χ1v) is 8.03. The average Bonchev–Trinajstić information content (AvgIpc) is 3.06. The van der Waals surface area contributed by atoms with Crippen LogP contribution in [0, 0.1) is 0 Å². The van der Waals surface area contributed by atoms with E-state index in [1.165, 1.54) is 11.1 Å². The van der Waals surface area contributed by atoms with Gasteiger partial charge >= 0.3 is 0 Å². The molecule has 7 nitrogen and oxygen atoms in total. The minimum Gasteiger partial charge on any atom is -0.384 e. The Bertz CT molecular complexity index is 701. The van der Waals surface area contributed by atoms with E-state index in [0.29, 0.717) is 44.3 Å². The molecule has 0 fully saturated rings. The van der Waals surface area contributed by atoms with Crippen LogP contribution in [0.5, 0.6) is 0 Å². The standard InChI is InChI=1S/C17H22N4O3/c1-21(11-16-19-15(20-24-16)7-8-23-2)17(22)14-9-12-5-3-4-6-13(12)10-18-14/h3-6,14,18H,7-11H2,1-2H3/t14-/m0/s1. The molecule has 1 N–H and O–H groups in total. The van der Waals surface area contributed by atoms with Crippen LogP contribution in [0.2, 0.25) is 0 Å².